The topological polar surface area (TPSA) is 85.3 Å². The van der Waals surface area contributed by atoms with Gasteiger partial charge in [-0.25, -0.2) is 0 Å². The minimum atomic E-state index is -0.880. The third-order valence-electron chi connectivity index (χ3n) is 5.77. The summed E-state index contributed by atoms with van der Waals surface area (Å²) in [4.78, 5) is 28.1. The van der Waals surface area contributed by atoms with Crippen LogP contribution in [0.1, 0.15) is 31.0 Å². The second-order valence-electron chi connectivity index (χ2n) is 8.46. The van der Waals surface area contributed by atoms with Crippen molar-refractivity contribution in [3.8, 4) is 17.2 Å². The molecule has 1 amide bonds. The first-order chi connectivity index (χ1) is 17.2. The summed E-state index contributed by atoms with van der Waals surface area (Å²) in [5, 5.41) is 11.4. The molecule has 1 aliphatic heterocycles. The zero-order chi connectivity index (χ0) is 26.0. The molecule has 0 radical (unpaired) electrons. The van der Waals surface area contributed by atoms with Gasteiger partial charge in [0.05, 0.1) is 36.4 Å². The molecule has 1 unspecified atom stereocenters. The fraction of sp³-hybridized carbons (Fsp3) is 0.214. The number of aliphatic hydroxyl groups is 1. The number of halogens is 1. The number of Topliss-reactive ketones (excluding diaryl/α,β-unsaturated/α-hetero) is 1. The van der Waals surface area contributed by atoms with Crippen molar-refractivity contribution in [2.75, 3.05) is 19.1 Å². The van der Waals surface area contributed by atoms with E-state index in [1.807, 2.05) is 19.9 Å². The van der Waals surface area contributed by atoms with Gasteiger partial charge in [0.1, 0.15) is 23.0 Å². The summed E-state index contributed by atoms with van der Waals surface area (Å²) in [6.07, 6.45) is -0.0650. The highest BCUT2D eigenvalue weighted by Gasteiger charge is 2.47. The Labute approximate surface area is 218 Å². The highest BCUT2D eigenvalue weighted by atomic mass is 79.9. The second kappa shape index (κ2) is 10.5. The molecule has 1 fully saturated rings. The lowest BCUT2D eigenvalue weighted by Gasteiger charge is -2.26. The van der Waals surface area contributed by atoms with Crippen LogP contribution in [0.3, 0.4) is 0 Å². The van der Waals surface area contributed by atoms with Crippen LogP contribution in [0.2, 0.25) is 0 Å². The lowest BCUT2D eigenvalue weighted by molar-refractivity contribution is -0.132. The van der Waals surface area contributed by atoms with Crippen molar-refractivity contribution in [1.82, 2.24) is 0 Å². The predicted octanol–water partition coefficient (Wildman–Crippen LogP) is 5.88. The number of carbonyl (C=O) groups excluding carboxylic acids is 2. The quantitative estimate of drug-likeness (QED) is 0.224. The van der Waals surface area contributed by atoms with E-state index in [2.05, 4.69) is 15.9 Å². The lowest BCUT2D eigenvalue weighted by atomic mass is 9.95. The van der Waals surface area contributed by atoms with Gasteiger partial charge in [-0.1, -0.05) is 12.1 Å². The monoisotopic (exact) mass is 551 g/mol. The van der Waals surface area contributed by atoms with E-state index in [0.29, 0.717) is 38.5 Å². The van der Waals surface area contributed by atoms with Crippen LogP contribution in [0.4, 0.5) is 5.69 Å². The summed E-state index contributed by atoms with van der Waals surface area (Å²) in [6.45, 7) is 3.83. The van der Waals surface area contributed by atoms with Crippen LogP contribution in [-0.2, 0) is 9.59 Å². The Bertz CT molecular complexity index is 1330. The molecule has 4 rings (SSSR count). The average molecular weight is 552 g/mol. The molecule has 36 heavy (non-hydrogen) atoms. The van der Waals surface area contributed by atoms with Crippen molar-refractivity contribution < 1.29 is 28.9 Å². The van der Waals surface area contributed by atoms with Crippen LogP contribution >= 0.6 is 15.9 Å². The van der Waals surface area contributed by atoms with Gasteiger partial charge in [0.25, 0.3) is 11.7 Å². The van der Waals surface area contributed by atoms with E-state index in [1.165, 1.54) is 12.0 Å². The molecule has 186 valence electrons. The van der Waals surface area contributed by atoms with Crippen molar-refractivity contribution in [3.63, 3.8) is 0 Å². The summed E-state index contributed by atoms with van der Waals surface area (Å²) in [6, 6.07) is 18.1. The molecule has 0 aliphatic carbocycles. The zero-order valence-corrected chi connectivity index (χ0v) is 21.9. The van der Waals surface area contributed by atoms with Crippen molar-refractivity contribution in [2.45, 2.75) is 26.0 Å². The number of nitrogens with zero attached hydrogens (tertiary/aromatic N) is 1. The molecule has 3 aromatic carbocycles. The molecule has 0 saturated carbocycles. The average Bonchev–Trinajstić information content (AvgIpc) is 3.13. The number of hydrogen-bond acceptors (Lipinski definition) is 6. The van der Waals surface area contributed by atoms with E-state index in [4.69, 9.17) is 14.2 Å². The number of carbonyl (C=O) groups is 2. The number of anilines is 1. The molecule has 8 heteroatoms. The van der Waals surface area contributed by atoms with Gasteiger partial charge < -0.3 is 19.3 Å². The highest BCUT2D eigenvalue weighted by Crippen LogP contribution is 2.43. The Morgan fingerprint density at radius 2 is 1.67 bits per heavy atom. The number of aliphatic hydroxyl groups excluding tert-OH is 1. The minimum absolute atomic E-state index is 0.0189. The summed E-state index contributed by atoms with van der Waals surface area (Å²) >= 11 is 3.42. The normalized spacial score (nSPS) is 16.9. The fourth-order valence-corrected chi connectivity index (χ4v) is 4.70. The molecule has 1 aliphatic rings. The first kappa shape index (κ1) is 25.3. The Balaban J connectivity index is 1.92. The summed E-state index contributed by atoms with van der Waals surface area (Å²) in [5.41, 5.74) is 1.47. The third-order valence-corrected chi connectivity index (χ3v) is 6.39. The van der Waals surface area contributed by atoms with Crippen molar-refractivity contribution in [2.24, 2.45) is 0 Å². The second-order valence-corrected chi connectivity index (χ2v) is 9.31. The van der Waals surface area contributed by atoms with Gasteiger partial charge in [-0.2, -0.15) is 0 Å². The first-order valence-electron chi connectivity index (χ1n) is 11.3. The molecule has 1 heterocycles. The van der Waals surface area contributed by atoms with Crippen LogP contribution in [0.15, 0.2) is 76.8 Å². The highest BCUT2D eigenvalue weighted by molar-refractivity contribution is 9.10. The van der Waals surface area contributed by atoms with Gasteiger partial charge in [0.2, 0.25) is 0 Å². The Hall–Kier alpha value is -3.78. The summed E-state index contributed by atoms with van der Waals surface area (Å²) in [7, 11) is 3.08. The zero-order valence-electron chi connectivity index (χ0n) is 20.3. The number of methoxy groups -OCH3 is 2. The maximum absolute atomic E-state index is 13.4. The summed E-state index contributed by atoms with van der Waals surface area (Å²) in [5.74, 6) is -0.0320. The SMILES string of the molecule is COc1ccc(N2C(=O)C(=O)/C(=C(/O)c3ccc(OC)c(Br)c3)C2c2cccc(OC(C)C)c2)cc1. The number of benzene rings is 3. The van der Waals surface area contributed by atoms with Gasteiger partial charge in [-0.15, -0.1) is 0 Å². The molecule has 0 spiro atoms. The van der Waals surface area contributed by atoms with Gasteiger partial charge in [-0.3, -0.25) is 14.5 Å². The van der Waals surface area contributed by atoms with Crippen LogP contribution in [0.25, 0.3) is 5.76 Å². The molecule has 1 saturated heterocycles. The van der Waals surface area contributed by atoms with Gasteiger partial charge in [-0.05, 0) is 89.9 Å². The van der Waals surface area contributed by atoms with E-state index in [0.717, 1.165) is 0 Å². The van der Waals surface area contributed by atoms with E-state index in [1.54, 1.807) is 67.8 Å². The fourth-order valence-electron chi connectivity index (χ4n) is 4.16. The van der Waals surface area contributed by atoms with Crippen LogP contribution in [0, 0.1) is 0 Å². The minimum Gasteiger partial charge on any atom is -0.507 e. The molecule has 1 N–H and O–H groups in total. The standard InChI is InChI=1S/C28H26BrNO6/c1-16(2)36-21-7-5-6-17(14-21)25-24(26(31)18-8-13-23(35-4)22(29)15-18)27(32)28(33)30(25)19-9-11-20(34-3)12-10-19/h5-16,25,31H,1-4H3/b26-24+. The molecule has 7 nitrogen and oxygen atoms in total. The van der Waals surface area contributed by atoms with E-state index in [-0.39, 0.29) is 17.4 Å². The van der Waals surface area contributed by atoms with E-state index >= 15 is 0 Å². The number of ketones is 1. The van der Waals surface area contributed by atoms with Gasteiger partial charge in [0.15, 0.2) is 0 Å². The number of amides is 1. The number of rotatable bonds is 7. The largest absolute Gasteiger partial charge is 0.507 e. The Morgan fingerprint density at radius 3 is 2.28 bits per heavy atom. The summed E-state index contributed by atoms with van der Waals surface area (Å²) < 4.78 is 17.0. The molecule has 0 bridgehead atoms. The number of ether oxygens (including phenoxy) is 3. The lowest BCUT2D eigenvalue weighted by Crippen LogP contribution is -2.29. The molecular formula is C28H26BrNO6. The Kier molecular flexibility index (Phi) is 7.35. The first-order valence-corrected chi connectivity index (χ1v) is 12.1. The van der Waals surface area contributed by atoms with Gasteiger partial charge in [0, 0.05) is 11.3 Å². The predicted molar refractivity (Wildman–Crippen MR) is 141 cm³/mol. The maximum atomic E-state index is 13.4. The molecule has 3 aromatic rings. The maximum Gasteiger partial charge on any atom is 0.300 e. The van der Waals surface area contributed by atoms with Crippen LogP contribution in [0.5, 0.6) is 17.2 Å². The molecule has 0 aromatic heterocycles. The van der Waals surface area contributed by atoms with Crippen molar-refractivity contribution in [3.05, 3.63) is 87.9 Å². The van der Waals surface area contributed by atoms with Crippen molar-refractivity contribution in [1.29, 1.82) is 0 Å². The third kappa shape index (κ3) is 4.81. The molecule has 1 atom stereocenters. The Morgan fingerprint density at radius 1 is 0.944 bits per heavy atom. The smallest absolute Gasteiger partial charge is 0.300 e. The van der Waals surface area contributed by atoms with Crippen LogP contribution in [-0.4, -0.2) is 37.1 Å². The van der Waals surface area contributed by atoms with E-state index < -0.39 is 17.7 Å². The van der Waals surface area contributed by atoms with Gasteiger partial charge >= 0.3 is 0 Å². The van der Waals surface area contributed by atoms with Crippen LogP contribution < -0.4 is 19.1 Å². The molecular weight excluding hydrogens is 526 g/mol. The number of hydrogen-bond donors (Lipinski definition) is 1. The van der Waals surface area contributed by atoms with E-state index in [9.17, 15) is 14.7 Å². The van der Waals surface area contributed by atoms with Crippen molar-refractivity contribution >= 4 is 39.1 Å².